The molecule has 0 N–H and O–H groups in total. The molecule has 1 aliphatic rings. The zero-order valence-corrected chi connectivity index (χ0v) is 10.6. The van der Waals surface area contributed by atoms with Gasteiger partial charge in [0.2, 0.25) is 0 Å². The van der Waals surface area contributed by atoms with Crippen molar-refractivity contribution >= 4 is 7.60 Å². The second-order valence-electron chi connectivity index (χ2n) is 3.85. The summed E-state index contributed by atoms with van der Waals surface area (Å²) in [6.45, 7) is 1.48. The zero-order chi connectivity index (χ0) is 12.1. The number of para-hydroxylation sites is 1. The largest absolute Gasteiger partial charge is 0.427 e. The van der Waals surface area contributed by atoms with E-state index in [-0.39, 0.29) is 0 Å². The molecule has 1 aliphatic carbocycles. The first-order valence-electron chi connectivity index (χ1n) is 5.54. The molecule has 3 nitrogen and oxygen atoms in total. The smallest absolute Gasteiger partial charge is 0.417 e. The van der Waals surface area contributed by atoms with Crippen molar-refractivity contribution in [3.8, 4) is 5.75 Å². The van der Waals surface area contributed by atoms with Crippen LogP contribution in [-0.4, -0.2) is 6.66 Å². The Balaban J connectivity index is 2.02. The summed E-state index contributed by atoms with van der Waals surface area (Å²) in [6.07, 6.45) is 7.66. The lowest BCUT2D eigenvalue weighted by molar-refractivity contribution is 0.343. The van der Waals surface area contributed by atoms with Gasteiger partial charge in [-0.3, -0.25) is 0 Å². The van der Waals surface area contributed by atoms with E-state index in [0.29, 0.717) is 11.5 Å². The van der Waals surface area contributed by atoms with Crippen LogP contribution in [0.4, 0.5) is 0 Å². The molecule has 0 aliphatic heterocycles. The molecule has 1 unspecified atom stereocenters. The maximum atomic E-state index is 12.1. The number of hydrogen-bond donors (Lipinski definition) is 0. The van der Waals surface area contributed by atoms with Crippen molar-refractivity contribution < 1.29 is 13.6 Å². The van der Waals surface area contributed by atoms with E-state index in [4.69, 9.17) is 9.05 Å². The van der Waals surface area contributed by atoms with Crippen molar-refractivity contribution in [1.29, 1.82) is 0 Å². The highest BCUT2D eigenvalue weighted by Gasteiger charge is 2.21. The van der Waals surface area contributed by atoms with Gasteiger partial charge >= 0.3 is 7.60 Å². The fourth-order valence-corrected chi connectivity index (χ4v) is 2.60. The SMILES string of the molecule is CP(=O)(OC1=CCCC=C1)Oc1ccccc1. The third kappa shape index (κ3) is 3.79. The van der Waals surface area contributed by atoms with Gasteiger partial charge in [0.25, 0.3) is 0 Å². The predicted octanol–water partition coefficient (Wildman–Crippen LogP) is 4.14. The van der Waals surface area contributed by atoms with Gasteiger partial charge in [0.05, 0.1) is 6.66 Å². The maximum Gasteiger partial charge on any atom is 0.427 e. The molecule has 0 saturated heterocycles. The van der Waals surface area contributed by atoms with Gasteiger partial charge in [0.15, 0.2) is 0 Å². The van der Waals surface area contributed by atoms with Crippen molar-refractivity contribution in [1.82, 2.24) is 0 Å². The van der Waals surface area contributed by atoms with E-state index in [1.54, 1.807) is 12.1 Å². The van der Waals surface area contributed by atoms with Crippen LogP contribution in [-0.2, 0) is 9.09 Å². The van der Waals surface area contributed by atoms with Gasteiger partial charge in [0, 0.05) is 0 Å². The van der Waals surface area contributed by atoms with Crippen LogP contribution in [0.15, 0.2) is 54.3 Å². The van der Waals surface area contributed by atoms with Crippen molar-refractivity contribution in [2.24, 2.45) is 0 Å². The van der Waals surface area contributed by atoms with Crippen molar-refractivity contribution in [3.63, 3.8) is 0 Å². The van der Waals surface area contributed by atoms with Crippen LogP contribution >= 0.6 is 7.60 Å². The fraction of sp³-hybridized carbons (Fsp3) is 0.231. The molecule has 1 atom stereocenters. The van der Waals surface area contributed by atoms with E-state index in [1.165, 1.54) is 6.66 Å². The quantitative estimate of drug-likeness (QED) is 0.753. The van der Waals surface area contributed by atoms with Gasteiger partial charge in [-0.2, -0.15) is 0 Å². The van der Waals surface area contributed by atoms with Crippen LogP contribution in [0.25, 0.3) is 0 Å². The molecule has 90 valence electrons. The lowest BCUT2D eigenvalue weighted by Gasteiger charge is -2.17. The molecule has 0 fully saturated rings. The second-order valence-corrected chi connectivity index (χ2v) is 5.76. The molecular formula is C13H15O3P. The predicted molar refractivity (Wildman–Crippen MR) is 68.1 cm³/mol. The highest BCUT2D eigenvalue weighted by molar-refractivity contribution is 7.53. The molecule has 0 radical (unpaired) electrons. The Morgan fingerprint density at radius 1 is 1.12 bits per heavy atom. The Labute approximate surface area is 101 Å². The molecular weight excluding hydrogens is 235 g/mol. The minimum atomic E-state index is -3.10. The van der Waals surface area contributed by atoms with E-state index >= 15 is 0 Å². The van der Waals surface area contributed by atoms with E-state index in [9.17, 15) is 4.57 Å². The lowest BCUT2D eigenvalue weighted by Crippen LogP contribution is -1.97. The van der Waals surface area contributed by atoms with E-state index in [0.717, 1.165) is 12.8 Å². The molecule has 0 aromatic heterocycles. The van der Waals surface area contributed by atoms with Crippen LogP contribution < -0.4 is 4.52 Å². The van der Waals surface area contributed by atoms with Gasteiger partial charge < -0.3 is 9.05 Å². The molecule has 0 amide bonds. The topological polar surface area (TPSA) is 35.5 Å². The summed E-state index contributed by atoms with van der Waals surface area (Å²) in [5, 5.41) is 0. The molecule has 0 heterocycles. The average molecular weight is 250 g/mol. The Kier molecular flexibility index (Phi) is 3.70. The summed E-state index contributed by atoms with van der Waals surface area (Å²) < 4.78 is 22.9. The van der Waals surface area contributed by atoms with Crippen LogP contribution in [0.1, 0.15) is 12.8 Å². The molecule has 4 heteroatoms. The third-order valence-electron chi connectivity index (χ3n) is 2.25. The Morgan fingerprint density at radius 3 is 2.53 bits per heavy atom. The number of allylic oxidation sites excluding steroid dienone is 3. The van der Waals surface area contributed by atoms with Crippen LogP contribution in [0.3, 0.4) is 0 Å². The zero-order valence-electron chi connectivity index (χ0n) is 9.70. The molecule has 0 bridgehead atoms. The van der Waals surface area contributed by atoms with E-state index < -0.39 is 7.60 Å². The lowest BCUT2D eigenvalue weighted by atomic mass is 10.2. The summed E-state index contributed by atoms with van der Waals surface area (Å²) in [5.74, 6) is 1.18. The van der Waals surface area contributed by atoms with E-state index in [2.05, 4.69) is 0 Å². The summed E-state index contributed by atoms with van der Waals surface area (Å²) in [4.78, 5) is 0. The molecule has 17 heavy (non-hydrogen) atoms. The number of benzene rings is 1. The monoisotopic (exact) mass is 250 g/mol. The first kappa shape index (κ1) is 12.0. The maximum absolute atomic E-state index is 12.1. The standard InChI is InChI=1S/C13H15O3P/c1-17(14,15-12-8-4-2-5-9-12)16-13-10-6-3-7-11-13/h2,4-6,8-11H,3,7H2,1H3. The van der Waals surface area contributed by atoms with Gasteiger partial charge in [0.1, 0.15) is 11.5 Å². The summed E-state index contributed by atoms with van der Waals surface area (Å²) in [6, 6.07) is 9.04. The second kappa shape index (κ2) is 5.24. The van der Waals surface area contributed by atoms with Gasteiger partial charge in [-0.15, -0.1) is 0 Å². The van der Waals surface area contributed by atoms with Crippen LogP contribution in [0.2, 0.25) is 0 Å². The minimum absolute atomic E-state index is 0.554. The third-order valence-corrected chi connectivity index (χ3v) is 3.33. The first-order valence-corrected chi connectivity index (χ1v) is 7.53. The molecule has 1 aromatic carbocycles. The van der Waals surface area contributed by atoms with Crippen molar-refractivity contribution in [2.45, 2.75) is 12.8 Å². The summed E-state index contributed by atoms with van der Waals surface area (Å²) in [7, 11) is -3.10. The Morgan fingerprint density at radius 2 is 1.88 bits per heavy atom. The minimum Gasteiger partial charge on any atom is -0.417 e. The fourth-order valence-electron chi connectivity index (χ4n) is 1.54. The van der Waals surface area contributed by atoms with Gasteiger partial charge in [-0.05, 0) is 37.1 Å². The highest BCUT2D eigenvalue weighted by atomic mass is 31.2. The van der Waals surface area contributed by atoms with E-state index in [1.807, 2.05) is 36.4 Å². The first-order chi connectivity index (χ1) is 8.16. The van der Waals surface area contributed by atoms with Crippen LogP contribution in [0, 0.1) is 0 Å². The average Bonchev–Trinajstić information content (AvgIpc) is 2.30. The van der Waals surface area contributed by atoms with Crippen LogP contribution in [0.5, 0.6) is 5.75 Å². The summed E-state index contributed by atoms with van der Waals surface area (Å²) in [5.41, 5.74) is 0. The number of hydrogen-bond acceptors (Lipinski definition) is 3. The van der Waals surface area contributed by atoms with Crippen molar-refractivity contribution in [3.05, 3.63) is 54.3 Å². The Bertz CT molecular complexity index is 477. The molecule has 0 spiro atoms. The van der Waals surface area contributed by atoms with Crippen molar-refractivity contribution in [2.75, 3.05) is 6.66 Å². The molecule has 1 aromatic rings. The van der Waals surface area contributed by atoms with Gasteiger partial charge in [-0.1, -0.05) is 24.3 Å². The number of rotatable bonds is 4. The molecule has 2 rings (SSSR count). The Hall–Kier alpha value is -1.47. The highest BCUT2D eigenvalue weighted by Crippen LogP contribution is 2.46. The molecule has 0 saturated carbocycles. The normalized spacial score (nSPS) is 18.1. The van der Waals surface area contributed by atoms with Gasteiger partial charge in [-0.25, -0.2) is 4.57 Å². The summed E-state index contributed by atoms with van der Waals surface area (Å²) >= 11 is 0.